The molecular weight excluding hydrogens is 328 g/mol. The van der Waals surface area contributed by atoms with Crippen LogP contribution in [-0.4, -0.2) is 30.2 Å². The van der Waals surface area contributed by atoms with Crippen LogP contribution in [0.4, 0.5) is 0 Å². The topological polar surface area (TPSA) is 69.4 Å². The van der Waals surface area contributed by atoms with Crippen LogP contribution in [0.25, 0.3) is 15.9 Å². The number of hydrogen-bond donors (Lipinski definition) is 0. The van der Waals surface area contributed by atoms with Crippen molar-refractivity contribution in [2.24, 2.45) is 0 Å². The van der Waals surface area contributed by atoms with Crippen molar-refractivity contribution in [1.82, 2.24) is 30.2 Å². The average molecular weight is 340 g/mol. The van der Waals surface area contributed by atoms with Crippen molar-refractivity contribution in [3.8, 4) is 5.69 Å². The summed E-state index contributed by atoms with van der Waals surface area (Å²) in [5.74, 6) is 0. The fourth-order valence-electron chi connectivity index (χ4n) is 2.21. The van der Waals surface area contributed by atoms with Crippen LogP contribution >= 0.6 is 23.1 Å². The molecule has 3 heterocycles. The molecule has 0 fully saturated rings. The van der Waals surface area contributed by atoms with Gasteiger partial charge in [-0.1, -0.05) is 17.7 Å². The molecule has 0 aliphatic heterocycles. The molecule has 4 rings (SSSR count). The smallest absolute Gasteiger partial charge is 0.220 e. The van der Waals surface area contributed by atoms with Gasteiger partial charge in [-0.05, 0) is 54.2 Å². The van der Waals surface area contributed by atoms with E-state index in [0.29, 0.717) is 5.16 Å². The van der Waals surface area contributed by atoms with Gasteiger partial charge in [-0.15, -0.1) is 16.4 Å². The maximum atomic E-state index is 4.39. The van der Waals surface area contributed by atoms with Crippen LogP contribution in [0.2, 0.25) is 0 Å². The minimum absolute atomic E-state index is 0.678. The molecule has 0 N–H and O–H groups in total. The van der Waals surface area contributed by atoms with Crippen LogP contribution in [0, 0.1) is 13.8 Å². The number of fused-ring (bicyclic) bond motifs is 1. The van der Waals surface area contributed by atoms with Crippen LogP contribution in [0.15, 0.2) is 46.8 Å². The summed E-state index contributed by atoms with van der Waals surface area (Å²) < 4.78 is 1.72. The van der Waals surface area contributed by atoms with Gasteiger partial charge in [0.2, 0.25) is 5.16 Å². The third kappa shape index (κ3) is 2.71. The van der Waals surface area contributed by atoms with Gasteiger partial charge in [-0.2, -0.15) is 4.68 Å². The van der Waals surface area contributed by atoms with E-state index in [2.05, 4.69) is 45.4 Å². The Labute approximate surface area is 140 Å². The predicted octanol–water partition coefficient (Wildman–Crippen LogP) is 3.44. The highest BCUT2D eigenvalue weighted by Gasteiger charge is 2.14. The van der Waals surface area contributed by atoms with Gasteiger partial charge in [0.25, 0.3) is 0 Å². The molecule has 114 valence electrons. The van der Waals surface area contributed by atoms with E-state index in [1.807, 2.05) is 24.3 Å². The summed E-state index contributed by atoms with van der Waals surface area (Å²) in [7, 11) is 0. The Hall–Kier alpha value is -2.32. The number of nitrogens with zero attached hydrogens (tertiary/aromatic N) is 6. The van der Waals surface area contributed by atoms with Crippen LogP contribution in [0.5, 0.6) is 0 Å². The molecule has 8 heteroatoms. The monoisotopic (exact) mass is 340 g/mol. The first kappa shape index (κ1) is 14.3. The van der Waals surface area contributed by atoms with Crippen molar-refractivity contribution in [2.45, 2.75) is 24.0 Å². The predicted molar refractivity (Wildman–Crippen MR) is 90.2 cm³/mol. The van der Waals surface area contributed by atoms with Gasteiger partial charge in [0, 0.05) is 10.3 Å². The van der Waals surface area contributed by atoms with Crippen LogP contribution in [0.3, 0.4) is 0 Å². The number of tetrazole rings is 1. The highest BCUT2D eigenvalue weighted by Crippen LogP contribution is 2.33. The molecule has 0 atom stereocenters. The second-order valence-corrected chi connectivity index (χ2v) is 7.26. The molecule has 0 aliphatic rings. The third-order valence-corrected chi connectivity index (χ3v) is 5.24. The maximum Gasteiger partial charge on any atom is 0.220 e. The highest BCUT2D eigenvalue weighted by molar-refractivity contribution is 7.99. The zero-order valence-electron chi connectivity index (χ0n) is 12.5. The minimum Gasteiger partial charge on any atom is -0.229 e. The molecular formula is C15H12N6S2. The van der Waals surface area contributed by atoms with Crippen LogP contribution < -0.4 is 0 Å². The van der Waals surface area contributed by atoms with Crippen molar-refractivity contribution >= 4 is 33.3 Å². The summed E-state index contributed by atoms with van der Waals surface area (Å²) in [5.41, 5.74) is 2.12. The summed E-state index contributed by atoms with van der Waals surface area (Å²) in [6.45, 7) is 4.12. The van der Waals surface area contributed by atoms with Gasteiger partial charge in [-0.3, -0.25) is 0 Å². The van der Waals surface area contributed by atoms with Crippen molar-refractivity contribution in [3.05, 3.63) is 47.1 Å². The first-order chi connectivity index (χ1) is 11.2. The molecule has 0 unspecified atom stereocenters. The standard InChI is InChI=1S/C15H12N6S2/c1-9-3-5-11(6-4-9)21-15(18-19-20-21)23-14-12-7-10(2)22-13(12)16-8-17-14/h3-8H,1-2H3. The van der Waals surface area contributed by atoms with Crippen LogP contribution in [0.1, 0.15) is 10.4 Å². The van der Waals surface area contributed by atoms with Gasteiger partial charge in [0.05, 0.1) is 5.69 Å². The second-order valence-electron chi connectivity index (χ2n) is 5.07. The Kier molecular flexibility index (Phi) is 3.55. The Bertz CT molecular complexity index is 973. The summed E-state index contributed by atoms with van der Waals surface area (Å²) in [4.78, 5) is 10.9. The summed E-state index contributed by atoms with van der Waals surface area (Å²) in [5, 5.41) is 14.6. The van der Waals surface area contributed by atoms with E-state index < -0.39 is 0 Å². The lowest BCUT2D eigenvalue weighted by molar-refractivity contribution is 0.756. The van der Waals surface area contributed by atoms with E-state index in [1.54, 1.807) is 22.3 Å². The molecule has 1 aromatic carbocycles. The molecule has 0 bridgehead atoms. The number of thiophene rings is 1. The summed E-state index contributed by atoms with van der Waals surface area (Å²) >= 11 is 3.10. The molecule has 0 saturated carbocycles. The van der Waals surface area contributed by atoms with Crippen molar-refractivity contribution in [2.75, 3.05) is 0 Å². The molecule has 23 heavy (non-hydrogen) atoms. The van der Waals surface area contributed by atoms with E-state index in [1.165, 1.54) is 22.2 Å². The lowest BCUT2D eigenvalue weighted by Gasteiger charge is -2.04. The molecule has 0 amide bonds. The first-order valence-electron chi connectivity index (χ1n) is 6.95. The molecule has 6 nitrogen and oxygen atoms in total. The molecule has 0 radical (unpaired) electrons. The Morgan fingerprint density at radius 1 is 1.09 bits per heavy atom. The Morgan fingerprint density at radius 2 is 1.91 bits per heavy atom. The van der Waals surface area contributed by atoms with E-state index in [4.69, 9.17) is 0 Å². The normalized spacial score (nSPS) is 11.2. The van der Waals surface area contributed by atoms with Gasteiger partial charge < -0.3 is 0 Å². The first-order valence-corrected chi connectivity index (χ1v) is 8.58. The lowest BCUT2D eigenvalue weighted by atomic mass is 10.2. The average Bonchev–Trinajstić information content (AvgIpc) is 3.14. The van der Waals surface area contributed by atoms with Crippen LogP contribution in [-0.2, 0) is 0 Å². The summed E-state index contributed by atoms with van der Waals surface area (Å²) in [6, 6.07) is 10.2. The quantitative estimate of drug-likeness (QED) is 0.532. The second kappa shape index (κ2) is 5.71. The summed E-state index contributed by atoms with van der Waals surface area (Å²) in [6.07, 6.45) is 1.58. The molecule has 4 aromatic rings. The van der Waals surface area contributed by atoms with E-state index in [0.717, 1.165) is 20.9 Å². The Morgan fingerprint density at radius 3 is 2.74 bits per heavy atom. The fraction of sp³-hybridized carbons (Fsp3) is 0.133. The van der Waals surface area contributed by atoms with Crippen molar-refractivity contribution in [1.29, 1.82) is 0 Å². The minimum atomic E-state index is 0.678. The van der Waals surface area contributed by atoms with E-state index in [-0.39, 0.29) is 0 Å². The SMILES string of the molecule is Cc1ccc(-n2nnnc2Sc2ncnc3sc(C)cc23)cc1. The molecule has 0 aliphatic carbocycles. The van der Waals surface area contributed by atoms with E-state index in [9.17, 15) is 0 Å². The van der Waals surface area contributed by atoms with Crippen molar-refractivity contribution in [3.63, 3.8) is 0 Å². The third-order valence-electron chi connectivity index (χ3n) is 3.32. The zero-order valence-corrected chi connectivity index (χ0v) is 14.1. The molecule has 0 spiro atoms. The fourth-order valence-corrected chi connectivity index (χ4v) is 3.97. The largest absolute Gasteiger partial charge is 0.229 e. The zero-order chi connectivity index (χ0) is 15.8. The number of aryl methyl sites for hydroxylation is 2. The van der Waals surface area contributed by atoms with E-state index >= 15 is 0 Å². The van der Waals surface area contributed by atoms with Crippen molar-refractivity contribution < 1.29 is 0 Å². The lowest BCUT2D eigenvalue weighted by Crippen LogP contribution is -1.99. The Balaban J connectivity index is 1.75. The number of hydrogen-bond acceptors (Lipinski definition) is 7. The number of benzene rings is 1. The van der Waals surface area contributed by atoms with Gasteiger partial charge in [0.15, 0.2) is 0 Å². The number of aromatic nitrogens is 6. The van der Waals surface area contributed by atoms with Gasteiger partial charge in [-0.25, -0.2) is 9.97 Å². The maximum absolute atomic E-state index is 4.39. The molecule has 0 saturated heterocycles. The highest BCUT2D eigenvalue weighted by atomic mass is 32.2. The number of rotatable bonds is 3. The van der Waals surface area contributed by atoms with Gasteiger partial charge >= 0.3 is 0 Å². The molecule has 3 aromatic heterocycles. The van der Waals surface area contributed by atoms with Gasteiger partial charge in [0.1, 0.15) is 16.2 Å².